The van der Waals surface area contributed by atoms with E-state index in [9.17, 15) is 9.59 Å². The topological polar surface area (TPSA) is 82.6 Å². The molecule has 1 aromatic carbocycles. The molecule has 2 rings (SSSR count). The second-order valence-electron chi connectivity index (χ2n) is 7.04. The van der Waals surface area contributed by atoms with Crippen molar-refractivity contribution < 1.29 is 19.4 Å². The van der Waals surface area contributed by atoms with Gasteiger partial charge in [-0.15, -0.1) is 0 Å². The molecular formula is C21H30N2O4. The molecule has 0 bridgehead atoms. The smallest absolute Gasteiger partial charge is 0.303 e. The summed E-state index contributed by atoms with van der Waals surface area (Å²) >= 11 is 0. The Balaban J connectivity index is 2.21. The van der Waals surface area contributed by atoms with Gasteiger partial charge < -0.3 is 24.5 Å². The number of carboxylic acid groups (broad SMARTS) is 1. The molecule has 0 aliphatic carbocycles. The zero-order chi connectivity index (χ0) is 19.8. The van der Waals surface area contributed by atoms with Crippen LogP contribution in [0.15, 0.2) is 24.4 Å². The second kappa shape index (κ2) is 10.1. The molecular weight excluding hydrogens is 344 g/mol. The molecule has 2 N–H and O–H groups in total. The Morgan fingerprint density at radius 3 is 2.78 bits per heavy atom. The highest BCUT2D eigenvalue weighted by atomic mass is 16.5. The summed E-state index contributed by atoms with van der Waals surface area (Å²) in [6, 6.07) is 6.28. The highest BCUT2D eigenvalue weighted by molar-refractivity contribution is 5.89. The summed E-state index contributed by atoms with van der Waals surface area (Å²) in [7, 11) is 0. The van der Waals surface area contributed by atoms with Crippen LogP contribution in [-0.4, -0.2) is 52.5 Å². The van der Waals surface area contributed by atoms with Crippen molar-refractivity contribution in [3.63, 3.8) is 0 Å². The number of carbonyl (C=O) groups is 2. The van der Waals surface area contributed by atoms with Crippen molar-refractivity contribution in [2.75, 3.05) is 13.1 Å². The Morgan fingerprint density at radius 1 is 1.37 bits per heavy atom. The van der Waals surface area contributed by atoms with Crippen LogP contribution < -0.4 is 4.74 Å². The first-order valence-corrected chi connectivity index (χ1v) is 9.61. The molecule has 0 aliphatic rings. The highest BCUT2D eigenvalue weighted by Crippen LogP contribution is 2.31. The number of aromatic amines is 1. The molecule has 27 heavy (non-hydrogen) atoms. The number of likely N-dealkylation sites (N-methyl/N-ethyl adjacent to an activating group) is 1. The van der Waals surface area contributed by atoms with Crippen LogP contribution in [0, 0.1) is 0 Å². The molecule has 0 amide bonds. The van der Waals surface area contributed by atoms with Crippen LogP contribution in [0.3, 0.4) is 0 Å². The predicted molar refractivity (Wildman–Crippen MR) is 106 cm³/mol. The van der Waals surface area contributed by atoms with E-state index in [4.69, 9.17) is 9.84 Å². The number of ether oxygens (including phenoxy) is 1. The number of carboxylic acids is 1. The van der Waals surface area contributed by atoms with Crippen molar-refractivity contribution in [3.05, 3.63) is 30.0 Å². The molecule has 2 aromatic rings. The van der Waals surface area contributed by atoms with Gasteiger partial charge in [0.05, 0.1) is 0 Å². The Labute approximate surface area is 160 Å². The summed E-state index contributed by atoms with van der Waals surface area (Å²) in [6.07, 6.45) is 3.72. The van der Waals surface area contributed by atoms with Crippen LogP contribution in [0.25, 0.3) is 10.9 Å². The Hall–Kier alpha value is -2.34. The van der Waals surface area contributed by atoms with Gasteiger partial charge in [-0.05, 0) is 50.9 Å². The summed E-state index contributed by atoms with van der Waals surface area (Å²) in [4.78, 5) is 27.5. The molecule has 6 nitrogen and oxygen atoms in total. The molecule has 1 aromatic heterocycles. The van der Waals surface area contributed by atoms with Crippen molar-refractivity contribution in [1.82, 2.24) is 9.88 Å². The predicted octanol–water partition coefficient (Wildman–Crippen LogP) is 3.64. The normalized spacial score (nSPS) is 12.6. The van der Waals surface area contributed by atoms with Crippen LogP contribution in [-0.2, 0) is 16.0 Å². The third-order valence-corrected chi connectivity index (χ3v) is 4.89. The van der Waals surface area contributed by atoms with Crippen LogP contribution >= 0.6 is 0 Å². The Morgan fingerprint density at radius 2 is 2.15 bits per heavy atom. The minimum Gasteiger partial charge on any atom is -0.489 e. The maximum Gasteiger partial charge on any atom is 0.303 e. The average Bonchev–Trinajstić information content (AvgIpc) is 3.04. The molecule has 0 saturated heterocycles. The number of hydrogen-bond donors (Lipinski definition) is 2. The number of aromatic nitrogens is 1. The van der Waals surface area contributed by atoms with Crippen molar-refractivity contribution in [2.24, 2.45) is 0 Å². The lowest BCUT2D eigenvalue weighted by molar-refractivity contribution is -0.137. The lowest BCUT2D eigenvalue weighted by atomic mass is 10.1. The molecule has 0 spiro atoms. The molecule has 0 aliphatic heterocycles. The molecule has 0 fully saturated rings. The zero-order valence-electron chi connectivity index (χ0n) is 16.4. The third kappa shape index (κ3) is 5.82. The standard InChI is InChI=1S/C21H30N2O4/c1-4-23(15(2)3)12-10-16-14-22-18-6-5-7-19(21(16)18)27-17(11-13-24)8-9-20(25)26/h5-7,13-15,17,22H,4,8-12H2,1-3H3,(H,25,26). The maximum absolute atomic E-state index is 11.0. The van der Waals surface area contributed by atoms with Gasteiger partial charge >= 0.3 is 5.97 Å². The molecule has 6 heteroatoms. The van der Waals surface area contributed by atoms with E-state index < -0.39 is 12.1 Å². The van der Waals surface area contributed by atoms with E-state index >= 15 is 0 Å². The van der Waals surface area contributed by atoms with E-state index in [-0.39, 0.29) is 12.8 Å². The Bertz CT molecular complexity index is 754. The number of aliphatic carboxylic acids is 1. The first-order chi connectivity index (χ1) is 13.0. The van der Waals surface area contributed by atoms with Gasteiger partial charge in [0.25, 0.3) is 0 Å². The van der Waals surface area contributed by atoms with Gasteiger partial charge in [-0.25, -0.2) is 0 Å². The monoisotopic (exact) mass is 374 g/mol. The van der Waals surface area contributed by atoms with E-state index in [1.54, 1.807) is 0 Å². The maximum atomic E-state index is 11.0. The van der Waals surface area contributed by atoms with Crippen molar-refractivity contribution in [1.29, 1.82) is 0 Å². The van der Waals surface area contributed by atoms with Crippen LogP contribution in [0.2, 0.25) is 0 Å². The quantitative estimate of drug-likeness (QED) is 0.554. The number of benzene rings is 1. The van der Waals surface area contributed by atoms with E-state index in [0.717, 1.165) is 36.7 Å². The first-order valence-electron chi connectivity index (χ1n) is 9.61. The van der Waals surface area contributed by atoms with Crippen LogP contribution in [0.5, 0.6) is 5.75 Å². The molecule has 1 heterocycles. The van der Waals surface area contributed by atoms with Gasteiger partial charge in [-0.3, -0.25) is 4.79 Å². The lowest BCUT2D eigenvalue weighted by Gasteiger charge is -2.24. The van der Waals surface area contributed by atoms with Gasteiger partial charge in [-0.1, -0.05) is 13.0 Å². The van der Waals surface area contributed by atoms with Gasteiger partial charge in [0, 0.05) is 42.5 Å². The van der Waals surface area contributed by atoms with Gasteiger partial charge in [0.15, 0.2) is 0 Å². The van der Waals surface area contributed by atoms with E-state index in [1.807, 2.05) is 24.4 Å². The summed E-state index contributed by atoms with van der Waals surface area (Å²) < 4.78 is 6.07. The summed E-state index contributed by atoms with van der Waals surface area (Å²) in [5.41, 5.74) is 2.15. The number of nitrogens with one attached hydrogen (secondary N) is 1. The zero-order valence-corrected chi connectivity index (χ0v) is 16.4. The van der Waals surface area contributed by atoms with Crippen LogP contribution in [0.1, 0.15) is 45.6 Å². The van der Waals surface area contributed by atoms with E-state index in [0.29, 0.717) is 18.2 Å². The van der Waals surface area contributed by atoms with E-state index in [2.05, 4.69) is 30.7 Å². The summed E-state index contributed by atoms with van der Waals surface area (Å²) in [6.45, 7) is 8.50. The highest BCUT2D eigenvalue weighted by Gasteiger charge is 2.17. The van der Waals surface area contributed by atoms with Crippen molar-refractivity contribution in [2.45, 2.75) is 58.6 Å². The summed E-state index contributed by atoms with van der Waals surface area (Å²) in [5, 5.41) is 9.93. The van der Waals surface area contributed by atoms with Gasteiger partial charge in [0.2, 0.25) is 0 Å². The molecule has 1 atom stereocenters. The van der Waals surface area contributed by atoms with Crippen molar-refractivity contribution >= 4 is 23.2 Å². The number of hydrogen-bond acceptors (Lipinski definition) is 4. The molecule has 1 unspecified atom stereocenters. The van der Waals surface area contributed by atoms with E-state index in [1.165, 1.54) is 5.56 Å². The van der Waals surface area contributed by atoms with Gasteiger partial charge in [-0.2, -0.15) is 0 Å². The number of rotatable bonds is 12. The van der Waals surface area contributed by atoms with Crippen molar-refractivity contribution in [3.8, 4) is 5.75 Å². The molecule has 0 saturated carbocycles. The number of aldehydes is 1. The minimum atomic E-state index is -0.886. The number of carbonyl (C=O) groups excluding carboxylic acids is 1. The minimum absolute atomic E-state index is 0.0195. The second-order valence-corrected chi connectivity index (χ2v) is 7.04. The summed E-state index contributed by atoms with van der Waals surface area (Å²) in [5.74, 6) is -0.183. The fourth-order valence-electron chi connectivity index (χ4n) is 3.36. The fraction of sp³-hybridized carbons (Fsp3) is 0.524. The van der Waals surface area contributed by atoms with Crippen LogP contribution in [0.4, 0.5) is 0 Å². The molecule has 148 valence electrons. The lowest BCUT2D eigenvalue weighted by Crippen LogP contribution is -2.32. The third-order valence-electron chi connectivity index (χ3n) is 4.89. The number of H-pyrrole nitrogens is 1. The van der Waals surface area contributed by atoms with Gasteiger partial charge in [0.1, 0.15) is 18.1 Å². The molecule has 0 radical (unpaired) electrons. The fourth-order valence-corrected chi connectivity index (χ4v) is 3.36. The largest absolute Gasteiger partial charge is 0.489 e. The first kappa shape index (κ1) is 21.0. The average molecular weight is 374 g/mol. The SMILES string of the molecule is CCN(CCc1c[nH]c2cccc(OC(CC=O)CCC(=O)O)c12)C(C)C. The Kier molecular flexibility index (Phi) is 7.85. The number of nitrogens with zero attached hydrogens (tertiary/aromatic N) is 1. The number of fused-ring (bicyclic) bond motifs is 1.